The van der Waals surface area contributed by atoms with E-state index in [-0.39, 0.29) is 5.82 Å². The van der Waals surface area contributed by atoms with Crippen LogP contribution < -0.4 is 0 Å². The summed E-state index contributed by atoms with van der Waals surface area (Å²) in [4.78, 5) is 6.94. The molecule has 0 aliphatic carbocycles. The van der Waals surface area contributed by atoms with Crippen molar-refractivity contribution in [1.29, 1.82) is 0 Å². The second-order valence-electron chi connectivity index (χ2n) is 5.63. The lowest BCUT2D eigenvalue weighted by Gasteiger charge is -2.14. The van der Waals surface area contributed by atoms with E-state index < -0.39 is 0 Å². The van der Waals surface area contributed by atoms with Gasteiger partial charge in [0.1, 0.15) is 11.6 Å². The number of hydrogen-bond acceptors (Lipinski definition) is 2. The Bertz CT molecular complexity index is 610. The molecule has 1 atom stereocenters. The summed E-state index contributed by atoms with van der Waals surface area (Å²) in [5.74, 6) is 1.90. The maximum Gasteiger partial charge on any atom is 0.125 e. The average Bonchev–Trinajstić information content (AvgIpc) is 2.96. The van der Waals surface area contributed by atoms with Crippen LogP contribution in [0.25, 0.3) is 11.0 Å². The standard InChI is InChI=1S/C15H19ClFN3/c1-19-7-5-11(9-19)10-20-14-8-12(17)2-3-13(14)18-15(20)4-6-16/h2-3,8,11H,4-7,9-10H2,1H3. The van der Waals surface area contributed by atoms with Gasteiger partial charge in [0, 0.05) is 25.4 Å². The number of halogens is 2. The van der Waals surface area contributed by atoms with Crippen molar-refractivity contribution >= 4 is 22.6 Å². The number of aryl methyl sites for hydroxylation is 1. The Labute approximate surface area is 123 Å². The van der Waals surface area contributed by atoms with Crippen LogP contribution in [0.15, 0.2) is 18.2 Å². The van der Waals surface area contributed by atoms with Crippen LogP contribution in [0.3, 0.4) is 0 Å². The van der Waals surface area contributed by atoms with Crippen molar-refractivity contribution in [3.05, 3.63) is 29.8 Å². The Hall–Kier alpha value is -1.13. The van der Waals surface area contributed by atoms with Crippen LogP contribution in [0.4, 0.5) is 4.39 Å². The second kappa shape index (κ2) is 5.70. The SMILES string of the molecule is CN1CCC(Cn2c(CCCl)nc3ccc(F)cc32)C1. The summed E-state index contributed by atoms with van der Waals surface area (Å²) in [6.45, 7) is 3.13. The average molecular weight is 296 g/mol. The van der Waals surface area contributed by atoms with E-state index in [2.05, 4.69) is 21.5 Å². The number of alkyl halides is 1. The molecule has 0 bridgehead atoms. The van der Waals surface area contributed by atoms with E-state index in [0.717, 1.165) is 42.9 Å². The zero-order valence-corrected chi connectivity index (χ0v) is 12.4. The first-order valence-electron chi connectivity index (χ1n) is 7.06. The van der Waals surface area contributed by atoms with Crippen LogP contribution in [0.2, 0.25) is 0 Å². The lowest BCUT2D eigenvalue weighted by molar-refractivity contribution is 0.378. The van der Waals surface area contributed by atoms with Crippen molar-refractivity contribution in [2.45, 2.75) is 19.4 Å². The third-order valence-electron chi connectivity index (χ3n) is 4.04. The van der Waals surface area contributed by atoms with Gasteiger partial charge in [-0.3, -0.25) is 0 Å². The third kappa shape index (κ3) is 2.67. The number of aromatic nitrogens is 2. The van der Waals surface area contributed by atoms with Gasteiger partial charge in [-0.1, -0.05) is 0 Å². The van der Waals surface area contributed by atoms with Gasteiger partial charge in [-0.2, -0.15) is 0 Å². The third-order valence-corrected chi connectivity index (χ3v) is 4.23. The zero-order valence-electron chi connectivity index (χ0n) is 11.6. The van der Waals surface area contributed by atoms with Gasteiger partial charge >= 0.3 is 0 Å². The number of rotatable bonds is 4. The summed E-state index contributed by atoms with van der Waals surface area (Å²) in [6, 6.07) is 4.80. The van der Waals surface area contributed by atoms with E-state index in [4.69, 9.17) is 11.6 Å². The second-order valence-corrected chi connectivity index (χ2v) is 6.01. The maximum absolute atomic E-state index is 13.5. The van der Waals surface area contributed by atoms with E-state index in [1.165, 1.54) is 12.5 Å². The highest BCUT2D eigenvalue weighted by Gasteiger charge is 2.22. The summed E-state index contributed by atoms with van der Waals surface area (Å²) in [5, 5.41) is 0. The fourth-order valence-corrected chi connectivity index (χ4v) is 3.23. The predicted molar refractivity (Wildman–Crippen MR) is 79.7 cm³/mol. The summed E-state index contributed by atoms with van der Waals surface area (Å²) >= 11 is 5.87. The number of benzene rings is 1. The van der Waals surface area contributed by atoms with Gasteiger partial charge in [-0.25, -0.2) is 9.37 Å². The van der Waals surface area contributed by atoms with E-state index in [1.807, 2.05) is 0 Å². The Morgan fingerprint density at radius 3 is 3.00 bits per heavy atom. The first kappa shape index (κ1) is 13.8. The quantitative estimate of drug-likeness (QED) is 0.809. The van der Waals surface area contributed by atoms with Crippen molar-refractivity contribution in [1.82, 2.24) is 14.5 Å². The molecule has 1 aliphatic rings. The molecule has 2 aromatic rings. The number of nitrogens with zero attached hydrogens (tertiary/aromatic N) is 3. The number of hydrogen-bond donors (Lipinski definition) is 0. The molecule has 0 saturated carbocycles. The predicted octanol–water partition coefficient (Wildman–Crippen LogP) is 2.91. The number of likely N-dealkylation sites (tertiary alicyclic amines) is 1. The Morgan fingerprint density at radius 2 is 2.30 bits per heavy atom. The fraction of sp³-hybridized carbons (Fsp3) is 0.533. The van der Waals surface area contributed by atoms with Gasteiger partial charge in [0.05, 0.1) is 11.0 Å². The van der Waals surface area contributed by atoms with Gasteiger partial charge in [0.2, 0.25) is 0 Å². The minimum atomic E-state index is -0.209. The Balaban J connectivity index is 1.97. The van der Waals surface area contributed by atoms with Crippen molar-refractivity contribution in [3.63, 3.8) is 0 Å². The highest BCUT2D eigenvalue weighted by atomic mass is 35.5. The summed E-state index contributed by atoms with van der Waals surface area (Å²) in [6.07, 6.45) is 1.91. The first-order chi connectivity index (χ1) is 9.67. The Kier molecular flexibility index (Phi) is 3.94. The first-order valence-corrected chi connectivity index (χ1v) is 7.60. The minimum Gasteiger partial charge on any atom is -0.328 e. The van der Waals surface area contributed by atoms with Crippen molar-refractivity contribution in [2.24, 2.45) is 5.92 Å². The van der Waals surface area contributed by atoms with E-state index in [9.17, 15) is 4.39 Å². The van der Waals surface area contributed by atoms with Gasteiger partial charge in [-0.15, -0.1) is 11.6 Å². The number of fused-ring (bicyclic) bond motifs is 1. The van der Waals surface area contributed by atoms with Crippen LogP contribution in [-0.4, -0.2) is 40.5 Å². The van der Waals surface area contributed by atoms with Crippen LogP contribution in [0.1, 0.15) is 12.2 Å². The highest BCUT2D eigenvalue weighted by molar-refractivity contribution is 6.17. The molecule has 108 valence electrons. The van der Waals surface area contributed by atoms with Gasteiger partial charge in [-0.05, 0) is 44.1 Å². The lowest BCUT2D eigenvalue weighted by atomic mass is 10.1. The molecule has 3 rings (SSSR count). The van der Waals surface area contributed by atoms with E-state index in [1.54, 1.807) is 12.1 Å². The molecule has 1 aromatic heterocycles. The molecule has 1 saturated heterocycles. The van der Waals surface area contributed by atoms with Crippen LogP contribution in [-0.2, 0) is 13.0 Å². The molecule has 1 aromatic carbocycles. The summed E-state index contributed by atoms with van der Waals surface area (Å²) < 4.78 is 15.7. The normalized spacial score (nSPS) is 20.1. The van der Waals surface area contributed by atoms with Gasteiger partial charge in [0.25, 0.3) is 0 Å². The molecular weight excluding hydrogens is 277 g/mol. The van der Waals surface area contributed by atoms with Crippen LogP contribution >= 0.6 is 11.6 Å². The molecule has 0 spiro atoms. The zero-order chi connectivity index (χ0) is 14.1. The molecular formula is C15H19ClFN3. The van der Waals surface area contributed by atoms with Crippen LogP contribution in [0, 0.1) is 11.7 Å². The summed E-state index contributed by atoms with van der Waals surface area (Å²) in [5.41, 5.74) is 1.75. The number of imidazole rings is 1. The molecule has 0 N–H and O–H groups in total. The van der Waals surface area contributed by atoms with Crippen molar-refractivity contribution in [2.75, 3.05) is 26.0 Å². The largest absolute Gasteiger partial charge is 0.328 e. The Morgan fingerprint density at radius 1 is 1.45 bits per heavy atom. The molecule has 20 heavy (non-hydrogen) atoms. The molecule has 1 unspecified atom stereocenters. The molecule has 1 fully saturated rings. The monoisotopic (exact) mass is 295 g/mol. The van der Waals surface area contributed by atoms with Gasteiger partial charge in [0.15, 0.2) is 0 Å². The fourth-order valence-electron chi connectivity index (χ4n) is 3.06. The minimum absolute atomic E-state index is 0.209. The van der Waals surface area contributed by atoms with E-state index >= 15 is 0 Å². The molecule has 3 nitrogen and oxygen atoms in total. The molecule has 2 heterocycles. The topological polar surface area (TPSA) is 21.1 Å². The smallest absolute Gasteiger partial charge is 0.125 e. The molecule has 1 aliphatic heterocycles. The highest BCUT2D eigenvalue weighted by Crippen LogP contribution is 2.23. The van der Waals surface area contributed by atoms with Crippen molar-refractivity contribution in [3.8, 4) is 0 Å². The lowest BCUT2D eigenvalue weighted by Crippen LogP contribution is -2.18. The molecule has 0 radical (unpaired) electrons. The maximum atomic E-state index is 13.5. The van der Waals surface area contributed by atoms with Crippen LogP contribution in [0.5, 0.6) is 0 Å². The van der Waals surface area contributed by atoms with Gasteiger partial charge < -0.3 is 9.47 Å². The van der Waals surface area contributed by atoms with E-state index in [0.29, 0.717) is 11.8 Å². The van der Waals surface area contributed by atoms with Crippen molar-refractivity contribution < 1.29 is 4.39 Å². The molecule has 5 heteroatoms. The molecule has 0 amide bonds. The summed E-state index contributed by atoms with van der Waals surface area (Å²) in [7, 11) is 2.14.